The number of carbonyl (C=O) groups excluding carboxylic acids is 1. The largest absolute Gasteiger partial charge is 0.482 e. The predicted octanol–water partition coefficient (Wildman–Crippen LogP) is 5.85. The van der Waals surface area contributed by atoms with Gasteiger partial charge in [-0.15, -0.1) is 0 Å². The zero-order valence-electron chi connectivity index (χ0n) is 12.2. The molecule has 0 radical (unpaired) electrons. The second-order valence-electron chi connectivity index (χ2n) is 4.61. The lowest BCUT2D eigenvalue weighted by molar-refractivity contribution is -0.121. The van der Waals surface area contributed by atoms with Crippen molar-refractivity contribution in [3.8, 4) is 5.75 Å². The predicted molar refractivity (Wildman–Crippen MR) is 108 cm³/mol. The Hall–Kier alpha value is -0.950. The lowest BCUT2D eigenvalue weighted by atomic mass is 10.3. The van der Waals surface area contributed by atoms with E-state index in [0.717, 1.165) is 0 Å². The van der Waals surface area contributed by atoms with Crippen molar-refractivity contribution < 1.29 is 9.53 Å². The zero-order valence-corrected chi connectivity index (χ0v) is 16.8. The summed E-state index contributed by atoms with van der Waals surface area (Å²) >= 11 is 34.6. The van der Waals surface area contributed by atoms with Crippen LogP contribution in [0.1, 0.15) is 0 Å². The monoisotopic (exact) mass is 456 g/mol. The third-order valence-electron chi connectivity index (χ3n) is 2.76. The average Bonchev–Trinajstić information content (AvgIpc) is 2.51. The smallest absolute Gasteiger partial charge is 0.264 e. The van der Waals surface area contributed by atoms with E-state index in [2.05, 4.69) is 10.6 Å². The first-order valence-electron chi connectivity index (χ1n) is 6.59. The van der Waals surface area contributed by atoms with Crippen molar-refractivity contribution in [2.45, 2.75) is 0 Å². The van der Waals surface area contributed by atoms with E-state index in [0.29, 0.717) is 36.6 Å². The molecule has 2 aromatic rings. The Morgan fingerprint density at radius 2 is 1.64 bits per heavy atom. The number of nitrogens with one attached hydrogen (secondary N) is 2. The Morgan fingerprint density at radius 1 is 0.960 bits per heavy atom. The highest BCUT2D eigenvalue weighted by Gasteiger charge is 2.11. The third kappa shape index (κ3) is 6.06. The van der Waals surface area contributed by atoms with E-state index in [9.17, 15) is 4.79 Å². The molecule has 0 bridgehead atoms. The molecular formula is C15H9Cl5N2O2S. The van der Waals surface area contributed by atoms with Gasteiger partial charge in [0.1, 0.15) is 5.75 Å². The van der Waals surface area contributed by atoms with E-state index < -0.39 is 5.91 Å². The molecule has 0 aromatic heterocycles. The summed E-state index contributed by atoms with van der Waals surface area (Å²) in [5, 5.41) is 6.88. The number of hydrogen-bond acceptors (Lipinski definition) is 3. The molecule has 25 heavy (non-hydrogen) atoms. The molecule has 132 valence electrons. The maximum absolute atomic E-state index is 11.9. The quantitative estimate of drug-likeness (QED) is 0.446. The molecule has 0 aliphatic heterocycles. The van der Waals surface area contributed by atoms with Crippen molar-refractivity contribution in [2.24, 2.45) is 0 Å². The number of thiocarbonyl (C=S) groups is 1. The van der Waals surface area contributed by atoms with Crippen LogP contribution in [0, 0.1) is 0 Å². The van der Waals surface area contributed by atoms with Gasteiger partial charge in [0.25, 0.3) is 5.91 Å². The highest BCUT2D eigenvalue weighted by atomic mass is 35.5. The van der Waals surface area contributed by atoms with Gasteiger partial charge in [0, 0.05) is 5.02 Å². The molecule has 10 heteroatoms. The molecule has 2 rings (SSSR count). The molecule has 0 atom stereocenters. The van der Waals surface area contributed by atoms with Crippen LogP contribution in [0.4, 0.5) is 5.69 Å². The Labute approximate surface area is 174 Å². The summed E-state index contributed by atoms with van der Waals surface area (Å²) in [5.74, 6) is -0.160. The summed E-state index contributed by atoms with van der Waals surface area (Å²) in [5.41, 5.74) is 0.406. The number of benzene rings is 2. The fourth-order valence-electron chi connectivity index (χ4n) is 1.67. The zero-order chi connectivity index (χ0) is 18.6. The lowest BCUT2D eigenvalue weighted by Crippen LogP contribution is -2.37. The Bertz CT molecular complexity index is 832. The first-order chi connectivity index (χ1) is 11.8. The maximum Gasteiger partial charge on any atom is 0.264 e. The van der Waals surface area contributed by atoms with Gasteiger partial charge in [-0.05, 0) is 42.5 Å². The molecule has 0 fully saturated rings. The van der Waals surface area contributed by atoms with Crippen molar-refractivity contribution in [2.75, 3.05) is 11.9 Å². The van der Waals surface area contributed by atoms with Gasteiger partial charge in [0.05, 0.1) is 25.8 Å². The summed E-state index contributed by atoms with van der Waals surface area (Å²) < 4.78 is 5.31. The van der Waals surface area contributed by atoms with Crippen LogP contribution >= 0.6 is 70.2 Å². The summed E-state index contributed by atoms with van der Waals surface area (Å²) in [6.07, 6.45) is 0. The van der Waals surface area contributed by atoms with Crippen LogP contribution in [0.15, 0.2) is 30.3 Å². The minimum Gasteiger partial charge on any atom is -0.482 e. The van der Waals surface area contributed by atoms with Crippen molar-refractivity contribution in [3.05, 3.63) is 55.4 Å². The lowest BCUT2D eigenvalue weighted by Gasteiger charge is -2.12. The number of ether oxygens (including phenoxy) is 1. The summed E-state index contributed by atoms with van der Waals surface area (Å²) in [6.45, 7) is -0.293. The first-order valence-corrected chi connectivity index (χ1v) is 8.89. The van der Waals surface area contributed by atoms with Crippen LogP contribution in [0.3, 0.4) is 0 Å². The fourth-order valence-corrected chi connectivity index (χ4v) is 2.95. The van der Waals surface area contributed by atoms with Crippen LogP contribution in [-0.4, -0.2) is 17.6 Å². The minimum absolute atomic E-state index is 0.0242. The van der Waals surface area contributed by atoms with Crippen LogP contribution in [0.2, 0.25) is 25.1 Å². The van der Waals surface area contributed by atoms with E-state index >= 15 is 0 Å². The van der Waals surface area contributed by atoms with Gasteiger partial charge < -0.3 is 10.1 Å². The van der Waals surface area contributed by atoms with Gasteiger partial charge >= 0.3 is 0 Å². The van der Waals surface area contributed by atoms with Gasteiger partial charge in [0.2, 0.25) is 0 Å². The number of anilines is 1. The summed E-state index contributed by atoms with van der Waals surface area (Å²) in [4.78, 5) is 11.9. The molecule has 0 saturated heterocycles. The molecule has 2 N–H and O–H groups in total. The van der Waals surface area contributed by atoms with E-state index in [1.807, 2.05) is 0 Å². The average molecular weight is 459 g/mol. The van der Waals surface area contributed by atoms with Crippen LogP contribution < -0.4 is 15.4 Å². The molecule has 0 heterocycles. The second-order valence-corrected chi connectivity index (χ2v) is 7.09. The minimum atomic E-state index is -0.486. The van der Waals surface area contributed by atoms with Crippen molar-refractivity contribution in [3.63, 3.8) is 0 Å². The number of hydrogen-bond donors (Lipinski definition) is 2. The molecule has 1 amide bonds. The second kappa shape index (κ2) is 9.12. The van der Waals surface area contributed by atoms with Gasteiger partial charge in [0.15, 0.2) is 11.7 Å². The molecule has 0 saturated carbocycles. The molecule has 4 nitrogen and oxygen atoms in total. The van der Waals surface area contributed by atoms with Gasteiger partial charge in [-0.25, -0.2) is 0 Å². The Morgan fingerprint density at radius 3 is 2.32 bits per heavy atom. The highest BCUT2D eigenvalue weighted by Crippen LogP contribution is 2.32. The molecule has 2 aromatic carbocycles. The van der Waals surface area contributed by atoms with Crippen molar-refractivity contribution in [1.29, 1.82) is 0 Å². The Balaban J connectivity index is 1.90. The third-order valence-corrected chi connectivity index (χ3v) is 4.53. The summed E-state index contributed by atoms with van der Waals surface area (Å²) in [6, 6.07) is 7.62. The van der Waals surface area contributed by atoms with Crippen LogP contribution in [0.5, 0.6) is 5.75 Å². The first kappa shape index (κ1) is 20.4. The van der Waals surface area contributed by atoms with Gasteiger partial charge in [-0.3, -0.25) is 10.1 Å². The SMILES string of the molecule is O=C(COc1ccc(Cl)cc1Cl)NC(=S)Nc1cc(Cl)c(Cl)cc1Cl. The van der Waals surface area contributed by atoms with E-state index in [1.54, 1.807) is 12.1 Å². The van der Waals surface area contributed by atoms with Crippen LogP contribution in [-0.2, 0) is 4.79 Å². The van der Waals surface area contributed by atoms with Gasteiger partial charge in [-0.1, -0.05) is 58.0 Å². The summed E-state index contributed by atoms with van der Waals surface area (Å²) in [7, 11) is 0. The number of halogens is 5. The van der Waals surface area contributed by atoms with E-state index in [1.165, 1.54) is 18.2 Å². The normalized spacial score (nSPS) is 10.3. The Kier molecular flexibility index (Phi) is 7.43. The molecule has 0 aliphatic carbocycles. The fraction of sp³-hybridized carbons (Fsp3) is 0.0667. The van der Waals surface area contributed by atoms with E-state index in [4.69, 9.17) is 75.0 Å². The standard InChI is InChI=1S/C15H9Cl5N2O2S/c16-7-1-2-13(11(20)3-7)24-6-14(23)22-15(25)21-12-5-9(18)8(17)4-10(12)19/h1-5H,6H2,(H2,21,22,23,25). The molecule has 0 unspecified atom stereocenters. The maximum atomic E-state index is 11.9. The number of amides is 1. The topological polar surface area (TPSA) is 50.4 Å². The van der Waals surface area contributed by atoms with Crippen molar-refractivity contribution >= 4 is 86.9 Å². The highest BCUT2D eigenvalue weighted by molar-refractivity contribution is 7.80. The van der Waals surface area contributed by atoms with Crippen LogP contribution in [0.25, 0.3) is 0 Å². The molecule has 0 aliphatic rings. The number of carbonyl (C=O) groups is 1. The molecule has 0 spiro atoms. The van der Waals surface area contributed by atoms with Crippen molar-refractivity contribution in [1.82, 2.24) is 5.32 Å². The number of rotatable bonds is 4. The molecular weight excluding hydrogens is 450 g/mol. The van der Waals surface area contributed by atoms with E-state index in [-0.39, 0.29) is 11.7 Å². The van der Waals surface area contributed by atoms with Gasteiger partial charge in [-0.2, -0.15) is 0 Å².